The zero-order valence-corrected chi connectivity index (χ0v) is 16.7. The number of aliphatic hydroxyl groups excluding tert-OH is 5. The van der Waals surface area contributed by atoms with E-state index in [0.29, 0.717) is 0 Å². The van der Waals surface area contributed by atoms with Gasteiger partial charge in [0.05, 0.1) is 12.7 Å². The summed E-state index contributed by atoms with van der Waals surface area (Å²) in [5.41, 5.74) is 1.64. The summed E-state index contributed by atoms with van der Waals surface area (Å²) in [4.78, 5) is 0. The predicted molar refractivity (Wildman–Crippen MR) is 105 cm³/mol. The van der Waals surface area contributed by atoms with Crippen molar-refractivity contribution in [1.82, 2.24) is 0 Å². The van der Waals surface area contributed by atoms with Crippen LogP contribution in [0.1, 0.15) is 34.7 Å². The van der Waals surface area contributed by atoms with Gasteiger partial charge in [-0.2, -0.15) is 0 Å². The summed E-state index contributed by atoms with van der Waals surface area (Å²) in [5, 5.41) is 61.6. The molecule has 1 aliphatic rings. The van der Waals surface area contributed by atoms with Gasteiger partial charge in [-0.05, 0) is 37.1 Å². The summed E-state index contributed by atoms with van der Waals surface area (Å²) >= 11 is 0. The monoisotopic (exact) mass is 422 g/mol. The zero-order chi connectivity index (χ0) is 22.2. The number of aryl methyl sites for hydroxylation is 1. The average Bonchev–Trinajstić information content (AvgIpc) is 2.71. The van der Waals surface area contributed by atoms with Gasteiger partial charge in [-0.25, -0.2) is 4.39 Å². The molecule has 0 spiro atoms. The molecular weight excluding hydrogens is 395 g/mol. The van der Waals surface area contributed by atoms with Crippen LogP contribution in [0.5, 0.6) is 0 Å². The Morgan fingerprint density at radius 3 is 2.27 bits per heavy atom. The van der Waals surface area contributed by atoms with E-state index in [1.54, 1.807) is 12.1 Å². The lowest BCUT2D eigenvalue weighted by Crippen LogP contribution is -2.65. The topological polar surface area (TPSA) is 131 Å². The molecule has 30 heavy (non-hydrogen) atoms. The Kier molecular flexibility index (Phi) is 6.59. The Labute approximate surface area is 173 Å². The molecule has 8 heteroatoms. The van der Waals surface area contributed by atoms with Crippen molar-refractivity contribution >= 4 is 0 Å². The summed E-state index contributed by atoms with van der Waals surface area (Å²) in [6.07, 6.45) is -8.29. The Hall–Kier alpha value is -1.91. The lowest BCUT2D eigenvalue weighted by atomic mass is 9.83. The normalized spacial score (nSPS) is 30.3. The van der Waals surface area contributed by atoms with Crippen molar-refractivity contribution < 1.29 is 39.8 Å². The van der Waals surface area contributed by atoms with Crippen molar-refractivity contribution in [3.05, 3.63) is 70.0 Å². The minimum absolute atomic E-state index is 0.00876. The maximum Gasteiger partial charge on any atom is 0.222 e. The Balaban J connectivity index is 2.14. The van der Waals surface area contributed by atoms with E-state index < -0.39 is 48.7 Å². The highest BCUT2D eigenvalue weighted by Gasteiger charge is 2.55. The van der Waals surface area contributed by atoms with E-state index in [9.17, 15) is 30.6 Å². The van der Waals surface area contributed by atoms with Crippen LogP contribution >= 0.6 is 0 Å². The van der Waals surface area contributed by atoms with Crippen molar-refractivity contribution in [3.8, 4) is 0 Å². The quantitative estimate of drug-likeness (QED) is 0.407. The molecule has 0 amide bonds. The van der Waals surface area contributed by atoms with Gasteiger partial charge in [0.2, 0.25) is 5.79 Å². The smallest absolute Gasteiger partial charge is 0.222 e. The first-order valence-electron chi connectivity index (χ1n) is 9.69. The van der Waals surface area contributed by atoms with Crippen LogP contribution in [0, 0.1) is 12.7 Å². The van der Waals surface area contributed by atoms with Crippen molar-refractivity contribution in [2.75, 3.05) is 0 Å². The van der Waals surface area contributed by atoms with Crippen LogP contribution in [0.25, 0.3) is 0 Å². The third kappa shape index (κ3) is 4.13. The molecular formula is C22H27FO7. The maximum absolute atomic E-state index is 15.0. The molecule has 2 aromatic carbocycles. The van der Waals surface area contributed by atoms with E-state index >= 15 is 4.39 Å². The van der Waals surface area contributed by atoms with Gasteiger partial charge in [0.15, 0.2) is 0 Å². The third-order valence-electron chi connectivity index (χ3n) is 5.53. The SMILES string of the molecule is Cc1ccc(Cc2c(F)cc(CO)cc2[C@@]2(O)O[C@H]([C@H](C)O)[C@@H](O)[C@H](O)[C@H]2O)cc1. The lowest BCUT2D eigenvalue weighted by molar-refractivity contribution is -0.364. The van der Waals surface area contributed by atoms with Gasteiger partial charge in [-0.1, -0.05) is 29.8 Å². The molecule has 0 bridgehead atoms. The van der Waals surface area contributed by atoms with E-state index in [1.807, 2.05) is 19.1 Å². The fraction of sp³-hybridized carbons (Fsp3) is 0.455. The Morgan fingerprint density at radius 1 is 1.07 bits per heavy atom. The first-order valence-corrected chi connectivity index (χ1v) is 9.69. The molecule has 2 aromatic rings. The van der Waals surface area contributed by atoms with Crippen molar-refractivity contribution in [2.45, 2.75) is 63.2 Å². The molecule has 1 heterocycles. The molecule has 0 unspecified atom stereocenters. The second kappa shape index (κ2) is 8.68. The van der Waals surface area contributed by atoms with Gasteiger partial charge in [0.1, 0.15) is 30.2 Å². The number of ether oxygens (including phenoxy) is 1. The van der Waals surface area contributed by atoms with E-state index in [4.69, 9.17) is 4.74 Å². The molecule has 0 aliphatic carbocycles. The third-order valence-corrected chi connectivity index (χ3v) is 5.53. The minimum atomic E-state index is -2.63. The molecule has 1 aliphatic heterocycles. The highest BCUT2D eigenvalue weighted by molar-refractivity contribution is 5.41. The standard InChI is InChI=1S/C22H27FO7/c1-11-3-5-13(6-4-11)7-15-16(8-14(10-24)9-17(15)23)22(29)21(28)19(27)18(26)20(30-22)12(2)25/h3-6,8-9,12,18-21,24-29H,7,10H2,1-2H3/t12-,18-,19-,20+,21+,22+/m0/s1. The molecule has 0 saturated carbocycles. The second-order valence-electron chi connectivity index (χ2n) is 7.87. The van der Waals surface area contributed by atoms with E-state index in [1.165, 1.54) is 13.0 Å². The Morgan fingerprint density at radius 2 is 1.70 bits per heavy atom. The number of rotatable bonds is 5. The van der Waals surface area contributed by atoms with Crippen molar-refractivity contribution in [2.24, 2.45) is 0 Å². The molecule has 3 rings (SSSR count). The van der Waals surface area contributed by atoms with Gasteiger partial charge in [-0.15, -0.1) is 0 Å². The van der Waals surface area contributed by atoms with E-state index in [0.717, 1.165) is 17.2 Å². The van der Waals surface area contributed by atoms with Crippen molar-refractivity contribution in [3.63, 3.8) is 0 Å². The molecule has 1 saturated heterocycles. The molecule has 0 radical (unpaired) electrons. The van der Waals surface area contributed by atoms with Gasteiger partial charge < -0.3 is 35.4 Å². The molecule has 1 fully saturated rings. The lowest BCUT2D eigenvalue weighted by Gasteiger charge is -2.47. The molecule has 0 aromatic heterocycles. The maximum atomic E-state index is 15.0. The van der Waals surface area contributed by atoms with Crippen LogP contribution in [0.2, 0.25) is 0 Å². The summed E-state index contributed by atoms with van der Waals surface area (Å²) in [6, 6.07) is 9.66. The molecule has 6 N–H and O–H groups in total. The van der Waals surface area contributed by atoms with Gasteiger partial charge >= 0.3 is 0 Å². The molecule has 7 nitrogen and oxygen atoms in total. The fourth-order valence-corrected chi connectivity index (χ4v) is 3.76. The number of hydrogen-bond acceptors (Lipinski definition) is 7. The van der Waals surface area contributed by atoms with Crippen LogP contribution < -0.4 is 0 Å². The molecule has 164 valence electrons. The Bertz CT molecular complexity index is 886. The van der Waals surface area contributed by atoms with Crippen LogP contribution in [0.3, 0.4) is 0 Å². The number of halogens is 1. The van der Waals surface area contributed by atoms with Crippen LogP contribution in [0.15, 0.2) is 36.4 Å². The van der Waals surface area contributed by atoms with Gasteiger partial charge in [0, 0.05) is 17.5 Å². The second-order valence-corrected chi connectivity index (χ2v) is 7.87. The zero-order valence-electron chi connectivity index (χ0n) is 16.7. The fourth-order valence-electron chi connectivity index (χ4n) is 3.76. The summed E-state index contributed by atoms with van der Waals surface area (Å²) in [5.74, 6) is -3.37. The van der Waals surface area contributed by atoms with E-state index in [-0.39, 0.29) is 23.1 Å². The first-order chi connectivity index (χ1) is 14.1. The number of hydrogen-bond donors (Lipinski definition) is 6. The average molecular weight is 422 g/mol. The summed E-state index contributed by atoms with van der Waals surface area (Å²) < 4.78 is 20.5. The summed E-state index contributed by atoms with van der Waals surface area (Å²) in [6.45, 7) is 2.66. The highest BCUT2D eigenvalue weighted by Crippen LogP contribution is 2.40. The number of benzene rings is 2. The predicted octanol–water partition coefficient (Wildman–Crippen LogP) is 0.225. The van der Waals surface area contributed by atoms with Crippen LogP contribution in [-0.4, -0.2) is 61.2 Å². The minimum Gasteiger partial charge on any atom is -0.392 e. The van der Waals surface area contributed by atoms with Gasteiger partial charge in [0.25, 0.3) is 0 Å². The van der Waals surface area contributed by atoms with Crippen molar-refractivity contribution in [1.29, 1.82) is 0 Å². The number of aliphatic hydroxyl groups is 6. The van der Waals surface area contributed by atoms with E-state index in [2.05, 4.69) is 0 Å². The first kappa shape index (κ1) is 22.8. The van der Waals surface area contributed by atoms with Gasteiger partial charge in [-0.3, -0.25) is 0 Å². The van der Waals surface area contributed by atoms with Crippen LogP contribution in [-0.2, 0) is 23.6 Å². The summed E-state index contributed by atoms with van der Waals surface area (Å²) in [7, 11) is 0. The highest BCUT2D eigenvalue weighted by atomic mass is 19.1. The largest absolute Gasteiger partial charge is 0.392 e. The van der Waals surface area contributed by atoms with Crippen LogP contribution in [0.4, 0.5) is 4.39 Å². The molecule has 6 atom stereocenters.